The summed E-state index contributed by atoms with van der Waals surface area (Å²) in [5, 5.41) is 31.4. The van der Waals surface area contributed by atoms with E-state index < -0.39 is 17.8 Å². The predicted octanol–water partition coefficient (Wildman–Crippen LogP) is 1.06. The summed E-state index contributed by atoms with van der Waals surface area (Å²) in [6.07, 6.45) is 9.99. The molecule has 490 valence electrons. The number of carbonyl (C=O) groups is 8. The average Bonchev–Trinajstić information content (AvgIpc) is 3.46. The van der Waals surface area contributed by atoms with Crippen LogP contribution in [0.5, 0.6) is 0 Å². The predicted molar refractivity (Wildman–Crippen MR) is 306 cm³/mol. The molecule has 0 heterocycles. The average molecular weight is 1210 g/mol. The van der Waals surface area contributed by atoms with Crippen LogP contribution in [-0.2, 0) is 95.2 Å². The van der Waals surface area contributed by atoms with Gasteiger partial charge in [0, 0.05) is 90.0 Å². The maximum atomic E-state index is 12.4. The van der Waals surface area contributed by atoms with Crippen LogP contribution in [0.15, 0.2) is 0 Å². The Morgan fingerprint density at radius 3 is 0.774 bits per heavy atom. The lowest BCUT2D eigenvalue weighted by molar-refractivity contribution is -0.138. The molecule has 0 bridgehead atoms. The number of nitrogens with two attached hydrogens (primary N) is 1. The van der Waals surface area contributed by atoms with Crippen LogP contribution in [0.2, 0.25) is 0 Å². The molecule has 0 rings (SSSR count). The Hall–Kier alpha value is -4.72. The number of hydrogen-bond acceptors (Lipinski definition) is 20. The Morgan fingerprint density at radius 2 is 0.488 bits per heavy atom. The lowest BCUT2D eigenvalue weighted by Gasteiger charge is -2.18. The summed E-state index contributed by atoms with van der Waals surface area (Å²) in [4.78, 5) is 92.9. The van der Waals surface area contributed by atoms with Gasteiger partial charge in [0.1, 0.15) is 0 Å². The zero-order valence-electron chi connectivity index (χ0n) is 49.9. The van der Waals surface area contributed by atoms with E-state index in [1.165, 1.54) is 0 Å². The van der Waals surface area contributed by atoms with Crippen molar-refractivity contribution in [1.82, 2.24) is 26.6 Å². The van der Waals surface area contributed by atoms with Gasteiger partial charge in [0.15, 0.2) is 0 Å². The lowest BCUT2D eigenvalue weighted by Crippen LogP contribution is -2.30. The molecule has 0 aromatic heterocycles. The van der Waals surface area contributed by atoms with Crippen molar-refractivity contribution in [2.45, 2.75) is 116 Å². The minimum atomic E-state index is -0.774. The van der Waals surface area contributed by atoms with Crippen LogP contribution in [0.3, 0.4) is 0 Å². The van der Waals surface area contributed by atoms with Crippen LogP contribution >= 0.6 is 0 Å². The number of rotatable bonds is 67. The van der Waals surface area contributed by atoms with Gasteiger partial charge in [0.2, 0.25) is 35.4 Å². The zero-order valence-corrected chi connectivity index (χ0v) is 49.9. The van der Waals surface area contributed by atoms with Gasteiger partial charge < -0.3 is 99.4 Å². The summed E-state index contributed by atoms with van der Waals surface area (Å²) in [5.41, 5.74) is 5.06. The fraction of sp³-hybridized carbons (Fsp3) is 0.857. The van der Waals surface area contributed by atoms with Gasteiger partial charge in [-0.3, -0.25) is 38.4 Å². The number of amides is 6. The molecule has 0 aromatic carbocycles. The third-order valence-corrected chi connectivity index (χ3v) is 11.6. The van der Waals surface area contributed by atoms with Crippen molar-refractivity contribution in [2.75, 3.05) is 191 Å². The molecule has 28 heteroatoms. The quantitative estimate of drug-likeness (QED) is 0.0395. The van der Waals surface area contributed by atoms with Crippen molar-refractivity contribution in [3.63, 3.8) is 0 Å². The van der Waals surface area contributed by atoms with Gasteiger partial charge in [-0.25, -0.2) is 0 Å². The summed E-state index contributed by atoms with van der Waals surface area (Å²) in [7, 11) is 0. The smallest absolute Gasteiger partial charge is 0.303 e. The normalized spacial score (nSPS) is 11.2. The molecule has 0 saturated heterocycles. The highest BCUT2D eigenvalue weighted by Gasteiger charge is 2.13. The summed E-state index contributed by atoms with van der Waals surface area (Å²) in [6, 6.07) is 0. The van der Waals surface area contributed by atoms with E-state index in [1.807, 2.05) is 0 Å². The first-order valence-corrected chi connectivity index (χ1v) is 29.9. The Bertz CT molecular complexity index is 1550. The summed E-state index contributed by atoms with van der Waals surface area (Å²) in [5.74, 6) is -3.02. The van der Waals surface area contributed by atoms with E-state index in [4.69, 9.17) is 72.8 Å². The molecule has 0 aliphatic heterocycles. The summed E-state index contributed by atoms with van der Waals surface area (Å²) < 4.78 is 66.4. The number of ether oxygens (including phenoxy) is 12. The molecule has 0 atom stereocenters. The molecule has 0 aromatic rings. The third kappa shape index (κ3) is 64.8. The molecule has 6 amide bonds. The second-order valence-corrected chi connectivity index (χ2v) is 19.1. The van der Waals surface area contributed by atoms with Crippen LogP contribution in [0, 0.1) is 5.92 Å². The molecule has 0 saturated carbocycles. The first-order valence-electron chi connectivity index (χ1n) is 29.9. The molecule has 0 aliphatic rings. The van der Waals surface area contributed by atoms with Crippen LogP contribution in [-0.4, -0.2) is 249 Å². The SMILES string of the molecule is NC(=O)CCOCCOCCOCCNC(=O)CCOCC(COCCC(=O)NCCOCCOCCOCCC(=O)NCCCCCCCC(=O)O)COCCC(=O)NCCOCCOCCOCCC(=O)NCCCCCCCC(=O)O. The first kappa shape index (κ1) is 79.3. The van der Waals surface area contributed by atoms with Crippen molar-refractivity contribution < 1.29 is 105 Å². The van der Waals surface area contributed by atoms with Crippen LogP contribution in [0.25, 0.3) is 0 Å². The second-order valence-electron chi connectivity index (χ2n) is 19.1. The third-order valence-electron chi connectivity index (χ3n) is 11.6. The monoisotopic (exact) mass is 1210 g/mol. The number of unbranched alkanes of at least 4 members (excludes halogenated alkanes) is 8. The van der Waals surface area contributed by atoms with Gasteiger partial charge in [-0.2, -0.15) is 0 Å². The molecule has 84 heavy (non-hydrogen) atoms. The van der Waals surface area contributed by atoms with E-state index in [2.05, 4.69) is 26.6 Å². The van der Waals surface area contributed by atoms with Gasteiger partial charge >= 0.3 is 11.9 Å². The Kier molecular flexibility index (Phi) is 59.3. The summed E-state index contributed by atoms with van der Waals surface area (Å²) in [6.45, 7) is 8.93. The highest BCUT2D eigenvalue weighted by molar-refractivity contribution is 5.77. The first-order chi connectivity index (χ1) is 40.9. The molecule has 0 aliphatic carbocycles. The number of aliphatic carboxylic acids is 2. The van der Waals surface area contributed by atoms with Crippen molar-refractivity contribution in [1.29, 1.82) is 0 Å². The zero-order chi connectivity index (χ0) is 61.5. The molecule has 0 spiro atoms. The van der Waals surface area contributed by atoms with E-state index in [9.17, 15) is 38.4 Å². The highest BCUT2D eigenvalue weighted by Crippen LogP contribution is 2.07. The molecule has 28 nitrogen and oxygen atoms in total. The summed E-state index contributed by atoms with van der Waals surface area (Å²) >= 11 is 0. The second kappa shape index (κ2) is 62.8. The minimum Gasteiger partial charge on any atom is -0.481 e. The fourth-order valence-corrected chi connectivity index (χ4v) is 7.07. The Labute approximate surface area is 496 Å². The number of hydrogen-bond donors (Lipinski definition) is 8. The number of carbonyl (C=O) groups excluding carboxylic acids is 6. The highest BCUT2D eigenvalue weighted by atomic mass is 16.6. The largest absolute Gasteiger partial charge is 0.481 e. The molecule has 0 fully saturated rings. The van der Waals surface area contributed by atoms with Gasteiger partial charge in [0.25, 0.3) is 0 Å². The Balaban J connectivity index is 4.27. The molecule has 0 unspecified atom stereocenters. The topological polar surface area (TPSA) is 374 Å². The maximum absolute atomic E-state index is 12.4. The number of primary amides is 1. The van der Waals surface area contributed by atoms with Crippen LogP contribution in [0.4, 0.5) is 0 Å². The van der Waals surface area contributed by atoms with E-state index in [0.29, 0.717) is 145 Å². The Morgan fingerprint density at radius 1 is 0.262 bits per heavy atom. The molecular formula is C56H104N6O22. The minimum absolute atomic E-state index is 0.0784. The standard InChI is InChI=1S/C56H104N6O22/c57-49(63)13-24-73-33-39-79-42-36-76-30-21-60-52(66)16-27-82-45-48(46-83-28-17-53(67)61-22-31-77-37-43-80-40-34-74-25-14-50(64)58-19-9-5-1-3-7-11-55(69)70)47-84-29-18-54(68)62-23-32-78-38-44-81-41-35-75-26-15-51(65)59-20-10-6-2-4-8-12-56(71)72/h48H,1-47H2,(H2,57,63)(H,58,64)(H,59,65)(H,60,66)(H,61,67)(H,62,68)(H,69,70)(H,71,72). The lowest BCUT2D eigenvalue weighted by atomic mass is 10.1. The number of carboxylic acid groups (broad SMARTS) is 2. The van der Waals surface area contributed by atoms with E-state index >= 15 is 0 Å². The van der Waals surface area contributed by atoms with Gasteiger partial charge in [-0.15, -0.1) is 0 Å². The number of nitrogens with one attached hydrogen (secondary N) is 5. The van der Waals surface area contributed by atoms with Gasteiger partial charge in [-0.1, -0.05) is 38.5 Å². The van der Waals surface area contributed by atoms with E-state index in [-0.39, 0.29) is 146 Å². The van der Waals surface area contributed by atoms with Gasteiger partial charge in [0.05, 0.1) is 159 Å². The molecule has 9 N–H and O–H groups in total. The maximum Gasteiger partial charge on any atom is 0.303 e. The van der Waals surface area contributed by atoms with Crippen molar-refractivity contribution in [2.24, 2.45) is 11.7 Å². The van der Waals surface area contributed by atoms with Crippen molar-refractivity contribution >= 4 is 47.4 Å². The van der Waals surface area contributed by atoms with Crippen LogP contribution in [0.1, 0.15) is 116 Å². The van der Waals surface area contributed by atoms with Crippen LogP contribution < -0.4 is 32.3 Å². The van der Waals surface area contributed by atoms with Crippen molar-refractivity contribution in [3.05, 3.63) is 0 Å². The fourth-order valence-electron chi connectivity index (χ4n) is 7.07. The van der Waals surface area contributed by atoms with Gasteiger partial charge in [-0.05, 0) is 25.7 Å². The van der Waals surface area contributed by atoms with E-state index in [1.54, 1.807) is 0 Å². The molecular weight excluding hydrogens is 1110 g/mol. The number of carboxylic acids is 2. The van der Waals surface area contributed by atoms with Crippen molar-refractivity contribution in [3.8, 4) is 0 Å². The van der Waals surface area contributed by atoms with E-state index in [0.717, 1.165) is 51.4 Å². The molecule has 0 radical (unpaired) electrons.